The summed E-state index contributed by atoms with van der Waals surface area (Å²) >= 11 is 0. The molecule has 3 nitrogen and oxygen atoms in total. The first-order valence-electron chi connectivity index (χ1n) is 7.68. The van der Waals surface area contributed by atoms with E-state index in [1.807, 2.05) is 24.1 Å². The smallest absolute Gasteiger partial charge is 0.222 e. The summed E-state index contributed by atoms with van der Waals surface area (Å²) in [5.74, 6) is 0.251. The van der Waals surface area contributed by atoms with Crippen LogP contribution in [-0.4, -0.2) is 37.0 Å². The summed E-state index contributed by atoms with van der Waals surface area (Å²) in [7, 11) is 1.93. The number of hydrogen-bond acceptors (Lipinski definition) is 2. The third-order valence-corrected chi connectivity index (χ3v) is 4.20. The van der Waals surface area contributed by atoms with E-state index in [9.17, 15) is 4.79 Å². The van der Waals surface area contributed by atoms with Gasteiger partial charge < -0.3 is 10.2 Å². The van der Waals surface area contributed by atoms with Gasteiger partial charge in [0.15, 0.2) is 0 Å². The zero-order chi connectivity index (χ0) is 14.4. The number of hydrogen-bond donors (Lipinski definition) is 1. The Labute approximate surface area is 122 Å². The maximum absolute atomic E-state index is 12.2. The Morgan fingerprint density at radius 1 is 1.35 bits per heavy atom. The molecule has 1 aliphatic rings. The Balaban J connectivity index is 1.77. The highest BCUT2D eigenvalue weighted by Crippen LogP contribution is 2.12. The molecule has 2 rings (SSSR count). The van der Waals surface area contributed by atoms with E-state index in [0.29, 0.717) is 12.5 Å². The standard InChI is InChI=1S/C17H26N2O/c1-14-7-3-4-8-15(14)10-11-17(20)19(2)13-16-9-5-6-12-18-16/h3-4,7-8,16,18H,5-6,9-13H2,1-2H3. The maximum Gasteiger partial charge on any atom is 0.222 e. The van der Waals surface area contributed by atoms with E-state index < -0.39 is 0 Å². The predicted molar refractivity (Wildman–Crippen MR) is 82.8 cm³/mol. The van der Waals surface area contributed by atoms with Crippen LogP contribution < -0.4 is 5.32 Å². The molecule has 110 valence electrons. The van der Waals surface area contributed by atoms with Crippen LogP contribution in [0.25, 0.3) is 0 Å². The van der Waals surface area contributed by atoms with Crippen molar-refractivity contribution in [3.05, 3.63) is 35.4 Å². The van der Waals surface area contributed by atoms with E-state index in [1.165, 1.54) is 30.4 Å². The highest BCUT2D eigenvalue weighted by Gasteiger charge is 2.17. The van der Waals surface area contributed by atoms with Gasteiger partial charge in [-0.15, -0.1) is 0 Å². The molecule has 0 aromatic heterocycles. The highest BCUT2D eigenvalue weighted by atomic mass is 16.2. The minimum absolute atomic E-state index is 0.251. The average molecular weight is 274 g/mol. The molecule has 1 saturated heterocycles. The molecule has 3 heteroatoms. The lowest BCUT2D eigenvalue weighted by molar-refractivity contribution is -0.130. The zero-order valence-corrected chi connectivity index (χ0v) is 12.7. The molecular formula is C17H26N2O. The quantitative estimate of drug-likeness (QED) is 0.895. The average Bonchev–Trinajstić information content (AvgIpc) is 2.47. The van der Waals surface area contributed by atoms with E-state index in [4.69, 9.17) is 0 Å². The monoisotopic (exact) mass is 274 g/mol. The lowest BCUT2D eigenvalue weighted by Crippen LogP contribution is -2.44. The Hall–Kier alpha value is -1.35. The number of nitrogens with one attached hydrogen (secondary N) is 1. The SMILES string of the molecule is Cc1ccccc1CCC(=O)N(C)CC1CCCCN1. The zero-order valence-electron chi connectivity index (χ0n) is 12.7. The van der Waals surface area contributed by atoms with Crippen molar-refractivity contribution in [2.24, 2.45) is 0 Å². The first kappa shape index (κ1) is 15.0. The first-order valence-corrected chi connectivity index (χ1v) is 7.68. The maximum atomic E-state index is 12.2. The third-order valence-electron chi connectivity index (χ3n) is 4.20. The summed E-state index contributed by atoms with van der Waals surface area (Å²) in [5.41, 5.74) is 2.56. The molecule has 1 atom stereocenters. The highest BCUT2D eigenvalue weighted by molar-refractivity contribution is 5.76. The van der Waals surface area contributed by atoms with Crippen LogP contribution in [0.2, 0.25) is 0 Å². The number of carbonyl (C=O) groups is 1. The number of likely N-dealkylation sites (N-methyl/N-ethyl adjacent to an activating group) is 1. The Bertz CT molecular complexity index is 438. The van der Waals surface area contributed by atoms with E-state index in [2.05, 4.69) is 24.4 Å². The van der Waals surface area contributed by atoms with Crippen molar-refractivity contribution in [2.45, 2.75) is 45.1 Å². The van der Waals surface area contributed by atoms with Crippen molar-refractivity contribution in [2.75, 3.05) is 20.1 Å². The van der Waals surface area contributed by atoms with Crippen molar-refractivity contribution in [3.63, 3.8) is 0 Å². The normalized spacial score (nSPS) is 18.8. The van der Waals surface area contributed by atoms with Crippen LogP contribution in [0, 0.1) is 6.92 Å². The van der Waals surface area contributed by atoms with Gasteiger partial charge in [-0.2, -0.15) is 0 Å². The van der Waals surface area contributed by atoms with Gasteiger partial charge in [0, 0.05) is 26.1 Å². The minimum Gasteiger partial charge on any atom is -0.344 e. The predicted octanol–water partition coefficient (Wildman–Crippen LogP) is 2.53. The molecule has 0 saturated carbocycles. The van der Waals surface area contributed by atoms with Crippen molar-refractivity contribution in [1.29, 1.82) is 0 Å². The molecule has 1 fully saturated rings. The topological polar surface area (TPSA) is 32.3 Å². The van der Waals surface area contributed by atoms with Crippen LogP contribution in [0.5, 0.6) is 0 Å². The number of rotatable bonds is 5. The van der Waals surface area contributed by atoms with Gasteiger partial charge in [0.25, 0.3) is 0 Å². The summed E-state index contributed by atoms with van der Waals surface area (Å²) in [4.78, 5) is 14.1. The fraction of sp³-hybridized carbons (Fsp3) is 0.588. The summed E-state index contributed by atoms with van der Waals surface area (Å²) in [5, 5.41) is 3.49. The van der Waals surface area contributed by atoms with Crippen molar-refractivity contribution in [3.8, 4) is 0 Å². The van der Waals surface area contributed by atoms with E-state index in [-0.39, 0.29) is 5.91 Å². The van der Waals surface area contributed by atoms with Gasteiger partial charge in [0.2, 0.25) is 5.91 Å². The van der Waals surface area contributed by atoms with Crippen LogP contribution in [0.3, 0.4) is 0 Å². The molecule has 0 spiro atoms. The number of nitrogens with zero attached hydrogens (tertiary/aromatic N) is 1. The molecule has 1 aliphatic heterocycles. The van der Waals surface area contributed by atoms with Gasteiger partial charge in [-0.3, -0.25) is 4.79 Å². The van der Waals surface area contributed by atoms with Gasteiger partial charge in [-0.1, -0.05) is 30.7 Å². The molecule has 1 aromatic carbocycles. The van der Waals surface area contributed by atoms with Crippen molar-refractivity contribution < 1.29 is 4.79 Å². The summed E-state index contributed by atoms with van der Waals surface area (Å²) in [6.07, 6.45) is 5.18. The van der Waals surface area contributed by atoms with Gasteiger partial charge in [0.05, 0.1) is 0 Å². The molecule has 0 aliphatic carbocycles. The lowest BCUT2D eigenvalue weighted by atomic mass is 10.0. The second-order valence-corrected chi connectivity index (χ2v) is 5.85. The van der Waals surface area contributed by atoms with Crippen LogP contribution in [-0.2, 0) is 11.2 Å². The molecular weight excluding hydrogens is 248 g/mol. The lowest BCUT2D eigenvalue weighted by Gasteiger charge is -2.28. The van der Waals surface area contributed by atoms with Crippen molar-refractivity contribution in [1.82, 2.24) is 10.2 Å². The molecule has 0 bridgehead atoms. The molecule has 1 heterocycles. The number of benzene rings is 1. The molecule has 1 amide bonds. The van der Waals surface area contributed by atoms with Gasteiger partial charge >= 0.3 is 0 Å². The molecule has 0 radical (unpaired) electrons. The molecule has 1 N–H and O–H groups in total. The molecule has 1 aromatic rings. The molecule has 20 heavy (non-hydrogen) atoms. The summed E-state index contributed by atoms with van der Waals surface area (Å²) < 4.78 is 0. The third kappa shape index (κ3) is 4.34. The Morgan fingerprint density at radius 2 is 2.15 bits per heavy atom. The first-order chi connectivity index (χ1) is 9.66. The second kappa shape index (κ2) is 7.44. The Morgan fingerprint density at radius 3 is 2.85 bits per heavy atom. The Kier molecular flexibility index (Phi) is 5.60. The fourth-order valence-corrected chi connectivity index (χ4v) is 2.84. The number of amides is 1. The van der Waals surface area contributed by atoms with Gasteiger partial charge in [-0.05, 0) is 43.9 Å². The number of aryl methyl sites for hydroxylation is 2. The summed E-state index contributed by atoms with van der Waals surface area (Å²) in [6, 6.07) is 8.79. The van der Waals surface area contributed by atoms with Gasteiger partial charge in [-0.25, -0.2) is 0 Å². The fourth-order valence-electron chi connectivity index (χ4n) is 2.84. The van der Waals surface area contributed by atoms with E-state index in [1.54, 1.807) is 0 Å². The molecule has 1 unspecified atom stereocenters. The van der Waals surface area contributed by atoms with Gasteiger partial charge in [0.1, 0.15) is 0 Å². The van der Waals surface area contributed by atoms with Crippen LogP contribution in [0.1, 0.15) is 36.8 Å². The number of piperidine rings is 1. The van der Waals surface area contributed by atoms with Crippen LogP contribution >= 0.6 is 0 Å². The minimum atomic E-state index is 0.251. The number of carbonyl (C=O) groups excluding carboxylic acids is 1. The largest absolute Gasteiger partial charge is 0.344 e. The second-order valence-electron chi connectivity index (χ2n) is 5.85. The van der Waals surface area contributed by atoms with E-state index >= 15 is 0 Å². The van der Waals surface area contributed by atoms with Crippen molar-refractivity contribution >= 4 is 5.91 Å². The summed E-state index contributed by atoms with van der Waals surface area (Å²) in [6.45, 7) is 4.04. The van der Waals surface area contributed by atoms with Crippen LogP contribution in [0.15, 0.2) is 24.3 Å². The van der Waals surface area contributed by atoms with Crippen LogP contribution in [0.4, 0.5) is 0 Å². The van der Waals surface area contributed by atoms with E-state index in [0.717, 1.165) is 19.5 Å².